The maximum Gasteiger partial charge on any atom is 0.331 e. The second-order valence-corrected chi connectivity index (χ2v) is 5.38. The Labute approximate surface area is 141 Å². The molecule has 1 aliphatic heterocycles. The van der Waals surface area contributed by atoms with Crippen molar-refractivity contribution in [3.8, 4) is 0 Å². The molecule has 0 saturated carbocycles. The molecule has 3 rings (SSSR count). The molecule has 2 aromatic heterocycles. The molecule has 0 spiro atoms. The van der Waals surface area contributed by atoms with Crippen LogP contribution in [0.3, 0.4) is 0 Å². The van der Waals surface area contributed by atoms with E-state index >= 15 is 0 Å². The van der Waals surface area contributed by atoms with Crippen molar-refractivity contribution in [2.45, 2.75) is 24.5 Å². The molecule has 6 N–H and O–H groups in total. The van der Waals surface area contributed by atoms with Gasteiger partial charge in [0.05, 0.1) is 20.0 Å². The summed E-state index contributed by atoms with van der Waals surface area (Å²) >= 11 is 0. The smallest absolute Gasteiger partial charge is 0.331 e. The largest absolute Gasteiger partial charge is 0.467 e. The number of esters is 1. The Morgan fingerprint density at radius 1 is 1.44 bits per heavy atom. The summed E-state index contributed by atoms with van der Waals surface area (Å²) in [5, 5.41) is 19.7. The number of nitrogens with zero attached hydrogens (tertiary/aromatic N) is 4. The molecule has 1 fully saturated rings. The summed E-state index contributed by atoms with van der Waals surface area (Å²) in [5.41, 5.74) is 12.0. The third kappa shape index (κ3) is 3.07. The normalized spacial score (nSPS) is 26.2. The van der Waals surface area contributed by atoms with Crippen molar-refractivity contribution in [2.24, 2.45) is 0 Å². The molecule has 25 heavy (non-hydrogen) atoms. The van der Waals surface area contributed by atoms with Gasteiger partial charge in [0.25, 0.3) is 0 Å². The highest BCUT2D eigenvalue weighted by Crippen LogP contribution is 2.34. The third-order valence-electron chi connectivity index (χ3n) is 3.85. The lowest BCUT2D eigenvalue weighted by Crippen LogP contribution is -2.36. The highest BCUT2D eigenvalue weighted by atomic mass is 16.6. The fourth-order valence-electron chi connectivity index (χ4n) is 2.64. The van der Waals surface area contributed by atoms with Crippen LogP contribution < -0.4 is 11.5 Å². The van der Waals surface area contributed by atoms with Crippen LogP contribution in [0.5, 0.6) is 0 Å². The number of carbonyl (C=O) groups excluding carboxylic acids is 1. The number of nitrogens with two attached hydrogens (primary N) is 2. The zero-order valence-electron chi connectivity index (χ0n) is 13.3. The van der Waals surface area contributed by atoms with Crippen molar-refractivity contribution in [1.82, 2.24) is 19.5 Å². The molecule has 12 nitrogen and oxygen atoms in total. The lowest BCUT2D eigenvalue weighted by molar-refractivity contribution is -0.152. The fraction of sp³-hybridized carbons (Fsp3) is 0.538. The molecule has 0 radical (unpaired) electrons. The molecular weight excluding hydrogens is 336 g/mol. The van der Waals surface area contributed by atoms with Crippen LogP contribution in [0.4, 0.5) is 11.8 Å². The van der Waals surface area contributed by atoms with Crippen molar-refractivity contribution in [3.63, 3.8) is 0 Å². The Morgan fingerprint density at radius 3 is 2.88 bits per heavy atom. The number of hydrogen-bond acceptors (Lipinski definition) is 11. The highest BCUT2D eigenvalue weighted by Gasteiger charge is 2.46. The van der Waals surface area contributed by atoms with Gasteiger partial charge in [0, 0.05) is 0 Å². The van der Waals surface area contributed by atoms with E-state index in [1.165, 1.54) is 18.0 Å². The maximum absolute atomic E-state index is 11.3. The second kappa shape index (κ2) is 6.76. The summed E-state index contributed by atoms with van der Waals surface area (Å²) in [6.45, 7) is -0.843. The van der Waals surface area contributed by atoms with E-state index in [9.17, 15) is 15.0 Å². The number of imidazole rings is 1. The number of nitrogen functional groups attached to an aromatic ring is 2. The van der Waals surface area contributed by atoms with E-state index in [0.29, 0.717) is 5.52 Å². The van der Waals surface area contributed by atoms with E-state index in [0.717, 1.165) is 0 Å². The van der Waals surface area contributed by atoms with Gasteiger partial charge in [-0.1, -0.05) is 0 Å². The Kier molecular flexibility index (Phi) is 4.67. The number of aromatic nitrogens is 4. The lowest BCUT2D eigenvalue weighted by Gasteiger charge is -2.21. The first-order valence-corrected chi connectivity index (χ1v) is 7.34. The topological polar surface area (TPSA) is 181 Å². The molecule has 136 valence electrons. The van der Waals surface area contributed by atoms with Gasteiger partial charge in [-0.15, -0.1) is 0 Å². The summed E-state index contributed by atoms with van der Waals surface area (Å²) in [6, 6.07) is 0. The number of fused-ring (bicyclic) bond motifs is 1. The summed E-state index contributed by atoms with van der Waals surface area (Å²) < 4.78 is 17.0. The van der Waals surface area contributed by atoms with Crippen molar-refractivity contribution < 1.29 is 29.2 Å². The number of methoxy groups -OCH3 is 1. The van der Waals surface area contributed by atoms with Crippen LogP contribution in [-0.4, -0.2) is 74.3 Å². The minimum absolute atomic E-state index is 0.0592. The molecule has 0 aromatic carbocycles. The van der Waals surface area contributed by atoms with Crippen LogP contribution in [0.15, 0.2) is 6.33 Å². The van der Waals surface area contributed by atoms with Crippen LogP contribution in [0.25, 0.3) is 11.2 Å². The molecule has 0 unspecified atom stereocenters. The van der Waals surface area contributed by atoms with Gasteiger partial charge in [0.15, 0.2) is 17.7 Å². The monoisotopic (exact) mass is 354 g/mol. The quantitative estimate of drug-likeness (QED) is 0.428. The van der Waals surface area contributed by atoms with E-state index in [4.69, 9.17) is 20.9 Å². The number of aliphatic hydroxyl groups excluding tert-OH is 2. The SMILES string of the molecule is COC(=O)CO[C@@H]1[C@H](O)[C@@H](CO)O[C@H]1n1cnc2c(N)nc(N)nc21. The molecule has 0 aliphatic carbocycles. The van der Waals surface area contributed by atoms with Gasteiger partial charge in [-0.25, -0.2) is 9.78 Å². The molecule has 0 bridgehead atoms. The average molecular weight is 354 g/mol. The third-order valence-corrected chi connectivity index (χ3v) is 3.85. The van der Waals surface area contributed by atoms with E-state index in [1.54, 1.807) is 0 Å². The average Bonchev–Trinajstić information content (AvgIpc) is 3.13. The van der Waals surface area contributed by atoms with Crippen molar-refractivity contribution in [1.29, 1.82) is 0 Å². The predicted octanol–water partition coefficient (Wildman–Crippen LogP) is -2.20. The molecule has 4 atom stereocenters. The maximum atomic E-state index is 11.3. The Morgan fingerprint density at radius 2 is 2.20 bits per heavy atom. The first-order chi connectivity index (χ1) is 12.0. The van der Waals surface area contributed by atoms with Gasteiger partial charge in [-0.2, -0.15) is 9.97 Å². The Bertz CT molecular complexity index is 782. The van der Waals surface area contributed by atoms with Crippen LogP contribution >= 0.6 is 0 Å². The number of ether oxygens (including phenoxy) is 3. The summed E-state index contributed by atoms with van der Waals surface area (Å²) in [6.07, 6.45) is -2.63. The van der Waals surface area contributed by atoms with Crippen LogP contribution in [0.2, 0.25) is 0 Å². The zero-order chi connectivity index (χ0) is 18.1. The molecule has 12 heteroatoms. The number of aliphatic hydroxyl groups is 2. The highest BCUT2D eigenvalue weighted by molar-refractivity contribution is 5.82. The first kappa shape index (κ1) is 17.3. The number of anilines is 2. The van der Waals surface area contributed by atoms with E-state index in [2.05, 4.69) is 19.7 Å². The van der Waals surface area contributed by atoms with Crippen molar-refractivity contribution in [2.75, 3.05) is 31.8 Å². The number of carbonyl (C=O) groups is 1. The molecular formula is C13H18N6O6. The van der Waals surface area contributed by atoms with Crippen LogP contribution in [0, 0.1) is 0 Å². The van der Waals surface area contributed by atoms with Crippen LogP contribution in [0.1, 0.15) is 6.23 Å². The minimum Gasteiger partial charge on any atom is -0.467 e. The first-order valence-electron chi connectivity index (χ1n) is 7.34. The standard InChI is InChI=1S/C13H18N6O6/c1-23-6(21)3-24-9-8(22)5(2-20)25-12(9)19-4-16-7-10(14)17-13(15)18-11(7)19/h4-5,8-9,12,20,22H,2-3H2,1H3,(H4,14,15,17,18)/t5-,8-,9-,12-/m1/s1. The molecule has 3 heterocycles. The molecule has 1 saturated heterocycles. The summed E-state index contributed by atoms with van der Waals surface area (Å²) in [7, 11) is 1.22. The molecule has 0 amide bonds. The molecule has 1 aliphatic rings. The van der Waals surface area contributed by atoms with Gasteiger partial charge in [0.2, 0.25) is 5.95 Å². The predicted molar refractivity (Wildman–Crippen MR) is 82.9 cm³/mol. The van der Waals surface area contributed by atoms with Crippen LogP contribution in [-0.2, 0) is 19.0 Å². The minimum atomic E-state index is -1.19. The second-order valence-electron chi connectivity index (χ2n) is 5.38. The van der Waals surface area contributed by atoms with Gasteiger partial charge in [0.1, 0.15) is 30.4 Å². The number of hydrogen-bond donors (Lipinski definition) is 4. The number of rotatable bonds is 5. The van der Waals surface area contributed by atoms with Crippen molar-refractivity contribution in [3.05, 3.63) is 6.33 Å². The van der Waals surface area contributed by atoms with Gasteiger partial charge in [-0.05, 0) is 0 Å². The Balaban J connectivity index is 1.96. The van der Waals surface area contributed by atoms with Gasteiger partial charge in [-0.3, -0.25) is 4.57 Å². The van der Waals surface area contributed by atoms with Gasteiger partial charge < -0.3 is 35.9 Å². The fourth-order valence-corrected chi connectivity index (χ4v) is 2.64. The van der Waals surface area contributed by atoms with E-state index in [1.807, 2.05) is 0 Å². The van der Waals surface area contributed by atoms with E-state index in [-0.39, 0.29) is 17.4 Å². The summed E-state index contributed by atoms with van der Waals surface area (Å²) in [4.78, 5) is 23.3. The lowest BCUT2D eigenvalue weighted by atomic mass is 10.1. The molecule has 2 aromatic rings. The Hall–Kier alpha value is -2.54. The van der Waals surface area contributed by atoms with E-state index < -0.39 is 43.7 Å². The zero-order valence-corrected chi connectivity index (χ0v) is 13.3. The van der Waals surface area contributed by atoms with Crippen molar-refractivity contribution >= 4 is 28.9 Å². The van der Waals surface area contributed by atoms with Gasteiger partial charge >= 0.3 is 5.97 Å². The summed E-state index contributed by atoms with van der Waals surface area (Å²) in [5.74, 6) is -0.591.